The molecule has 0 bridgehead atoms. The van der Waals surface area contributed by atoms with Crippen LogP contribution in [0, 0.1) is 9.85 Å². The Balaban J connectivity index is 2.68. The van der Waals surface area contributed by atoms with E-state index in [1.807, 2.05) is 22.6 Å². The predicted molar refractivity (Wildman–Crippen MR) is 67.3 cm³/mol. The number of nitrogens with one attached hydrogen (secondary N) is 1. The fourth-order valence-electron chi connectivity index (χ4n) is 1.35. The van der Waals surface area contributed by atoms with Crippen molar-refractivity contribution in [2.75, 3.05) is 0 Å². The molecule has 0 aliphatic rings. The quantitative estimate of drug-likeness (QED) is 0.644. The van der Waals surface area contributed by atoms with E-state index in [0.29, 0.717) is 22.5 Å². The van der Waals surface area contributed by atoms with Crippen molar-refractivity contribution in [3.8, 4) is 9.85 Å². The van der Waals surface area contributed by atoms with E-state index in [1.54, 1.807) is 12.1 Å². The molecule has 0 radical (unpaired) electrons. The second-order valence-corrected chi connectivity index (χ2v) is 3.88. The van der Waals surface area contributed by atoms with Crippen molar-refractivity contribution in [1.29, 1.82) is 0 Å². The zero-order valence-electron chi connectivity index (χ0n) is 7.43. The number of aromatic nitrogens is 1. The molecule has 3 nitrogen and oxygen atoms in total. The Morgan fingerprint density at radius 2 is 2.33 bits per heavy atom. The van der Waals surface area contributed by atoms with Gasteiger partial charge in [-0.3, -0.25) is 4.98 Å². The summed E-state index contributed by atoms with van der Waals surface area (Å²) in [5.41, 5.74) is 2.01. The molecule has 0 saturated carbocycles. The van der Waals surface area contributed by atoms with E-state index in [-0.39, 0.29) is 0 Å². The Morgan fingerprint density at radius 1 is 1.53 bits per heavy atom. The molecule has 2 rings (SSSR count). The molecular weight excluding hydrogens is 328 g/mol. The van der Waals surface area contributed by atoms with Crippen LogP contribution in [0.4, 0.5) is 0 Å². The van der Waals surface area contributed by atoms with Crippen molar-refractivity contribution >= 4 is 45.3 Å². The minimum absolute atomic E-state index is 0.470. The van der Waals surface area contributed by atoms with Crippen molar-refractivity contribution in [3.63, 3.8) is 0 Å². The van der Waals surface area contributed by atoms with Gasteiger partial charge in [-0.05, 0) is 15.6 Å². The lowest BCUT2D eigenvalue weighted by atomic mass is 10.1. The summed E-state index contributed by atoms with van der Waals surface area (Å²) in [6.45, 7) is 0. The van der Waals surface area contributed by atoms with E-state index >= 15 is 0 Å². The third kappa shape index (κ3) is 2.19. The van der Waals surface area contributed by atoms with Crippen LogP contribution in [-0.2, 0) is 6.42 Å². The molecule has 1 aromatic heterocycles. The van der Waals surface area contributed by atoms with E-state index in [9.17, 15) is 4.79 Å². The SMILES string of the molecule is O=c1[nH]c2c(CC#CI)cc(Cl)cc2o1. The van der Waals surface area contributed by atoms with Crippen molar-refractivity contribution in [2.24, 2.45) is 0 Å². The first-order chi connectivity index (χ1) is 7.20. The summed E-state index contributed by atoms with van der Waals surface area (Å²) in [6, 6.07) is 3.38. The first-order valence-electron chi connectivity index (χ1n) is 4.10. The number of rotatable bonds is 1. The number of benzene rings is 1. The Kier molecular flexibility index (Phi) is 3.03. The van der Waals surface area contributed by atoms with E-state index in [4.69, 9.17) is 16.0 Å². The zero-order valence-corrected chi connectivity index (χ0v) is 10.3. The number of H-pyrrole nitrogens is 1. The van der Waals surface area contributed by atoms with E-state index in [1.165, 1.54) is 0 Å². The molecule has 0 spiro atoms. The van der Waals surface area contributed by atoms with Crippen molar-refractivity contribution in [1.82, 2.24) is 4.98 Å². The molecule has 0 atom stereocenters. The van der Waals surface area contributed by atoms with Gasteiger partial charge in [0.25, 0.3) is 0 Å². The van der Waals surface area contributed by atoms with Gasteiger partial charge < -0.3 is 4.42 Å². The molecule has 76 valence electrons. The molecule has 0 aliphatic carbocycles. The number of hydrogen-bond acceptors (Lipinski definition) is 2. The highest BCUT2D eigenvalue weighted by molar-refractivity contribution is 14.1. The van der Waals surface area contributed by atoms with Gasteiger partial charge in [0, 0.05) is 40.1 Å². The number of halogens is 2. The first-order valence-corrected chi connectivity index (χ1v) is 5.56. The fraction of sp³-hybridized carbons (Fsp3) is 0.100. The third-order valence-electron chi connectivity index (χ3n) is 1.92. The lowest BCUT2D eigenvalue weighted by Crippen LogP contribution is -1.94. The minimum Gasteiger partial charge on any atom is -0.408 e. The van der Waals surface area contributed by atoms with Gasteiger partial charge in [-0.1, -0.05) is 17.5 Å². The van der Waals surface area contributed by atoms with Gasteiger partial charge in [0.05, 0.1) is 5.52 Å². The standard InChI is InChI=1S/C10H5ClINO2/c11-7-4-6(2-1-3-12)9-8(5-7)15-10(14)13-9/h4-5H,2H2,(H,13,14). The molecule has 0 aliphatic heterocycles. The number of oxazole rings is 1. The molecule has 0 amide bonds. The number of aromatic amines is 1. The van der Waals surface area contributed by atoms with Crippen molar-refractivity contribution in [3.05, 3.63) is 33.3 Å². The van der Waals surface area contributed by atoms with Crippen molar-refractivity contribution < 1.29 is 4.42 Å². The Hall–Kier alpha value is -0.930. The Morgan fingerprint density at radius 3 is 3.07 bits per heavy atom. The normalized spacial score (nSPS) is 10.0. The molecular formula is C10H5ClINO2. The number of hydrogen-bond donors (Lipinski definition) is 1. The fourth-order valence-corrected chi connectivity index (χ4v) is 1.78. The molecule has 15 heavy (non-hydrogen) atoms. The topological polar surface area (TPSA) is 46.0 Å². The van der Waals surface area contributed by atoms with E-state index < -0.39 is 5.76 Å². The van der Waals surface area contributed by atoms with Gasteiger partial charge in [-0.2, -0.15) is 0 Å². The maximum atomic E-state index is 11.0. The summed E-state index contributed by atoms with van der Waals surface area (Å²) >= 11 is 7.85. The van der Waals surface area contributed by atoms with Gasteiger partial charge in [0.15, 0.2) is 5.58 Å². The Labute approximate surface area is 104 Å². The van der Waals surface area contributed by atoms with Gasteiger partial charge in [0.2, 0.25) is 0 Å². The molecule has 2 aromatic rings. The van der Waals surface area contributed by atoms with E-state index in [0.717, 1.165) is 5.56 Å². The van der Waals surface area contributed by atoms with Crippen LogP contribution < -0.4 is 5.76 Å². The average molecular weight is 334 g/mol. The summed E-state index contributed by atoms with van der Waals surface area (Å²) in [5, 5.41) is 0.538. The second kappa shape index (κ2) is 4.29. The summed E-state index contributed by atoms with van der Waals surface area (Å²) in [4.78, 5) is 13.6. The molecule has 1 N–H and O–H groups in total. The smallest absolute Gasteiger partial charge is 0.408 e. The molecule has 0 fully saturated rings. The van der Waals surface area contributed by atoms with Crippen LogP contribution in [0.2, 0.25) is 5.02 Å². The lowest BCUT2D eigenvalue weighted by Gasteiger charge is -1.97. The third-order valence-corrected chi connectivity index (χ3v) is 2.52. The highest BCUT2D eigenvalue weighted by atomic mass is 127. The highest BCUT2D eigenvalue weighted by Gasteiger charge is 2.07. The average Bonchev–Trinajstić information content (AvgIpc) is 2.54. The summed E-state index contributed by atoms with van der Waals surface area (Å²) in [6.07, 6.45) is 0.537. The van der Waals surface area contributed by atoms with Gasteiger partial charge in [-0.15, -0.1) is 0 Å². The van der Waals surface area contributed by atoms with E-state index in [2.05, 4.69) is 14.8 Å². The van der Waals surface area contributed by atoms with Gasteiger partial charge >= 0.3 is 5.76 Å². The Bertz CT molecular complexity index is 618. The molecule has 0 unspecified atom stereocenters. The maximum Gasteiger partial charge on any atom is 0.417 e. The molecule has 5 heteroatoms. The maximum absolute atomic E-state index is 11.0. The second-order valence-electron chi connectivity index (χ2n) is 2.90. The van der Waals surface area contributed by atoms with Crippen molar-refractivity contribution in [2.45, 2.75) is 6.42 Å². The van der Waals surface area contributed by atoms with Crippen LogP contribution >= 0.6 is 34.2 Å². The minimum atomic E-state index is -0.476. The molecule has 0 saturated heterocycles. The number of fused-ring (bicyclic) bond motifs is 1. The lowest BCUT2D eigenvalue weighted by molar-refractivity contribution is 0.555. The predicted octanol–water partition coefficient (Wildman–Crippen LogP) is 2.71. The van der Waals surface area contributed by atoms with Gasteiger partial charge in [0.1, 0.15) is 0 Å². The molecule has 1 aromatic carbocycles. The van der Waals surface area contributed by atoms with Crippen LogP contribution in [-0.4, -0.2) is 4.98 Å². The largest absolute Gasteiger partial charge is 0.417 e. The summed E-state index contributed by atoms with van der Waals surface area (Å²) in [5.74, 6) is 2.43. The van der Waals surface area contributed by atoms with Crippen LogP contribution in [0.5, 0.6) is 0 Å². The summed E-state index contributed by atoms with van der Waals surface area (Å²) in [7, 11) is 0. The first kappa shape index (κ1) is 10.6. The summed E-state index contributed by atoms with van der Waals surface area (Å²) < 4.78 is 7.69. The highest BCUT2D eigenvalue weighted by Crippen LogP contribution is 2.21. The van der Waals surface area contributed by atoms with Gasteiger partial charge in [-0.25, -0.2) is 4.79 Å². The van der Waals surface area contributed by atoms with Crippen LogP contribution in [0.1, 0.15) is 5.56 Å². The zero-order chi connectivity index (χ0) is 10.8. The monoisotopic (exact) mass is 333 g/mol. The van der Waals surface area contributed by atoms with Crippen LogP contribution in [0.15, 0.2) is 21.3 Å². The van der Waals surface area contributed by atoms with Crippen LogP contribution in [0.3, 0.4) is 0 Å². The molecule has 1 heterocycles. The van der Waals surface area contributed by atoms with Crippen LogP contribution in [0.25, 0.3) is 11.1 Å².